The van der Waals surface area contributed by atoms with E-state index in [1.807, 2.05) is 59.9 Å². The first-order valence-electron chi connectivity index (χ1n) is 11.6. The maximum Gasteiger partial charge on any atom is 0.253 e. The van der Waals surface area contributed by atoms with Crippen molar-refractivity contribution in [2.24, 2.45) is 5.73 Å². The van der Waals surface area contributed by atoms with Gasteiger partial charge in [0.2, 0.25) is 0 Å². The Bertz CT molecular complexity index is 1500. The van der Waals surface area contributed by atoms with E-state index in [9.17, 15) is 4.79 Å². The Morgan fingerprint density at radius 2 is 1.74 bits per heavy atom. The summed E-state index contributed by atoms with van der Waals surface area (Å²) in [6, 6.07) is 20.4. The van der Waals surface area contributed by atoms with Crippen molar-refractivity contribution in [3.63, 3.8) is 0 Å². The van der Waals surface area contributed by atoms with Gasteiger partial charge in [-0.2, -0.15) is 0 Å². The van der Waals surface area contributed by atoms with Crippen LogP contribution in [0.1, 0.15) is 23.2 Å². The van der Waals surface area contributed by atoms with Crippen LogP contribution in [0.4, 0.5) is 0 Å². The van der Waals surface area contributed by atoms with Crippen LogP contribution in [0, 0.1) is 0 Å². The molecule has 4 heterocycles. The number of piperidine rings is 1. The highest BCUT2D eigenvalue weighted by atomic mass is 16.2. The number of pyridine rings is 2. The molecule has 1 aliphatic rings. The smallest absolute Gasteiger partial charge is 0.253 e. The summed E-state index contributed by atoms with van der Waals surface area (Å²) in [6.45, 7) is 1.41. The van der Waals surface area contributed by atoms with Crippen LogP contribution in [0.15, 0.2) is 85.5 Å². The number of aromatic nitrogens is 3. The Morgan fingerprint density at radius 1 is 0.912 bits per heavy atom. The van der Waals surface area contributed by atoms with Crippen LogP contribution in [0.2, 0.25) is 0 Å². The summed E-state index contributed by atoms with van der Waals surface area (Å²) in [5.41, 5.74) is 11.9. The fraction of sp³-hybridized carbons (Fsp3) is 0.179. The second-order valence-electron chi connectivity index (χ2n) is 8.96. The van der Waals surface area contributed by atoms with Crippen LogP contribution in [0.3, 0.4) is 0 Å². The number of carbonyl (C=O) groups is 1. The Morgan fingerprint density at radius 3 is 2.59 bits per heavy atom. The van der Waals surface area contributed by atoms with Gasteiger partial charge >= 0.3 is 0 Å². The van der Waals surface area contributed by atoms with Crippen molar-refractivity contribution in [3.8, 4) is 22.4 Å². The standard InChI is InChI=1S/C28H25N5O/c29-25-2-1-13-32(18-25)28(34)20-5-3-19(4-6-20)24-9-10-27-31-16-26(33(27)17-24)22-7-8-23-15-30-12-11-21(23)14-22/h3-12,14-17,25H,1-2,13,18,29H2/t25-/m0/s1. The van der Waals surface area contributed by atoms with E-state index in [1.165, 1.54) is 0 Å². The molecule has 0 aliphatic carbocycles. The van der Waals surface area contributed by atoms with Crippen molar-refractivity contribution >= 4 is 22.3 Å². The number of amides is 1. The summed E-state index contributed by atoms with van der Waals surface area (Å²) in [5.74, 6) is 0.0561. The van der Waals surface area contributed by atoms with Crippen molar-refractivity contribution in [1.82, 2.24) is 19.3 Å². The van der Waals surface area contributed by atoms with Crippen molar-refractivity contribution in [2.75, 3.05) is 13.1 Å². The molecule has 1 aliphatic heterocycles. The molecule has 0 saturated carbocycles. The maximum atomic E-state index is 12.9. The summed E-state index contributed by atoms with van der Waals surface area (Å²) in [6.07, 6.45) is 9.65. The van der Waals surface area contributed by atoms with Crippen molar-refractivity contribution in [3.05, 3.63) is 91.0 Å². The maximum absolute atomic E-state index is 12.9. The highest BCUT2D eigenvalue weighted by Gasteiger charge is 2.22. The van der Waals surface area contributed by atoms with Gasteiger partial charge in [-0.3, -0.25) is 14.2 Å². The predicted octanol–water partition coefficient (Wildman–Crippen LogP) is 4.78. The molecule has 5 aromatic rings. The van der Waals surface area contributed by atoms with E-state index in [1.54, 1.807) is 0 Å². The zero-order valence-electron chi connectivity index (χ0n) is 18.8. The van der Waals surface area contributed by atoms with Gasteiger partial charge in [-0.25, -0.2) is 4.98 Å². The fourth-order valence-corrected chi connectivity index (χ4v) is 4.79. The van der Waals surface area contributed by atoms with Crippen LogP contribution >= 0.6 is 0 Å². The van der Waals surface area contributed by atoms with Gasteiger partial charge in [0.1, 0.15) is 5.65 Å². The second kappa shape index (κ2) is 8.39. The normalized spacial score (nSPS) is 16.3. The lowest BCUT2D eigenvalue weighted by atomic mass is 10.0. The van der Waals surface area contributed by atoms with E-state index in [0.717, 1.165) is 58.2 Å². The number of rotatable bonds is 3. The largest absolute Gasteiger partial charge is 0.337 e. The van der Waals surface area contributed by atoms with Crippen LogP contribution in [-0.2, 0) is 0 Å². The molecule has 0 bridgehead atoms. The molecular weight excluding hydrogens is 422 g/mol. The highest BCUT2D eigenvalue weighted by molar-refractivity contribution is 5.95. The van der Waals surface area contributed by atoms with Crippen LogP contribution in [0.25, 0.3) is 38.8 Å². The number of hydrogen-bond acceptors (Lipinski definition) is 4. The molecule has 1 saturated heterocycles. The molecule has 3 aromatic heterocycles. The highest BCUT2D eigenvalue weighted by Crippen LogP contribution is 2.28. The van der Waals surface area contributed by atoms with Gasteiger partial charge < -0.3 is 10.6 Å². The lowest BCUT2D eigenvalue weighted by Gasteiger charge is -2.30. The summed E-state index contributed by atoms with van der Waals surface area (Å²) < 4.78 is 2.12. The van der Waals surface area contributed by atoms with Gasteiger partial charge in [0.05, 0.1) is 11.9 Å². The van der Waals surface area contributed by atoms with E-state index in [4.69, 9.17) is 5.73 Å². The first-order valence-corrected chi connectivity index (χ1v) is 11.6. The van der Waals surface area contributed by atoms with Crippen LogP contribution in [-0.4, -0.2) is 44.3 Å². The number of carbonyl (C=O) groups excluding carboxylic acids is 1. The van der Waals surface area contributed by atoms with Gasteiger partial charge in [0, 0.05) is 54.2 Å². The van der Waals surface area contributed by atoms with E-state index in [-0.39, 0.29) is 11.9 Å². The van der Waals surface area contributed by atoms with Crippen molar-refractivity contribution in [2.45, 2.75) is 18.9 Å². The molecule has 2 aromatic carbocycles. The summed E-state index contributed by atoms with van der Waals surface area (Å²) >= 11 is 0. The lowest BCUT2D eigenvalue weighted by Crippen LogP contribution is -2.45. The van der Waals surface area contributed by atoms with Gasteiger partial charge in [-0.1, -0.05) is 24.3 Å². The van der Waals surface area contributed by atoms with E-state index < -0.39 is 0 Å². The molecule has 0 radical (unpaired) electrons. The Hall–Kier alpha value is -4.03. The molecule has 34 heavy (non-hydrogen) atoms. The minimum Gasteiger partial charge on any atom is -0.337 e. The van der Waals surface area contributed by atoms with Gasteiger partial charge in [0.25, 0.3) is 5.91 Å². The Labute approximate surface area is 197 Å². The molecule has 168 valence electrons. The average molecular weight is 448 g/mol. The minimum atomic E-state index is 0.0561. The molecule has 1 fully saturated rings. The number of benzene rings is 2. The van der Waals surface area contributed by atoms with Crippen molar-refractivity contribution < 1.29 is 4.79 Å². The molecule has 6 heteroatoms. The zero-order valence-corrected chi connectivity index (χ0v) is 18.8. The van der Waals surface area contributed by atoms with Crippen LogP contribution < -0.4 is 5.73 Å². The van der Waals surface area contributed by atoms with Crippen molar-refractivity contribution in [1.29, 1.82) is 0 Å². The van der Waals surface area contributed by atoms with E-state index >= 15 is 0 Å². The average Bonchev–Trinajstić information content (AvgIpc) is 3.31. The second-order valence-corrected chi connectivity index (χ2v) is 8.96. The van der Waals surface area contributed by atoms with Crippen LogP contribution in [0.5, 0.6) is 0 Å². The monoisotopic (exact) mass is 447 g/mol. The summed E-state index contributed by atoms with van der Waals surface area (Å²) in [5, 5.41) is 2.26. The SMILES string of the molecule is N[C@H]1CCCN(C(=O)c2ccc(-c3ccc4ncc(-c5ccc6cnccc6c5)n4c3)cc2)C1. The molecule has 1 amide bonds. The quantitative estimate of drug-likeness (QED) is 0.432. The first-order chi connectivity index (χ1) is 16.7. The third kappa shape index (κ3) is 3.72. The molecule has 0 unspecified atom stereocenters. The number of imidazole rings is 1. The predicted molar refractivity (Wildman–Crippen MR) is 134 cm³/mol. The molecule has 6 nitrogen and oxygen atoms in total. The van der Waals surface area contributed by atoms with Gasteiger partial charge in [-0.05, 0) is 65.8 Å². The molecule has 0 spiro atoms. The first kappa shape index (κ1) is 20.6. The van der Waals surface area contributed by atoms with Gasteiger partial charge in [-0.15, -0.1) is 0 Å². The minimum absolute atomic E-state index is 0.0561. The molecule has 1 atom stereocenters. The fourth-order valence-electron chi connectivity index (χ4n) is 4.79. The molecule has 2 N–H and O–H groups in total. The number of fused-ring (bicyclic) bond motifs is 2. The third-order valence-electron chi connectivity index (χ3n) is 6.65. The molecule has 6 rings (SSSR count). The van der Waals surface area contributed by atoms with E-state index in [0.29, 0.717) is 12.1 Å². The number of nitrogens with zero attached hydrogens (tertiary/aromatic N) is 4. The number of likely N-dealkylation sites (tertiary alicyclic amines) is 1. The Kier molecular flexibility index (Phi) is 5.08. The molecular formula is C28H25N5O. The van der Waals surface area contributed by atoms with Gasteiger partial charge in [0.15, 0.2) is 0 Å². The Balaban J connectivity index is 1.32. The number of hydrogen-bond donors (Lipinski definition) is 1. The summed E-state index contributed by atoms with van der Waals surface area (Å²) in [4.78, 5) is 23.5. The number of nitrogens with two attached hydrogens (primary N) is 1. The lowest BCUT2D eigenvalue weighted by molar-refractivity contribution is 0.0709. The topological polar surface area (TPSA) is 76.5 Å². The summed E-state index contributed by atoms with van der Waals surface area (Å²) in [7, 11) is 0. The zero-order chi connectivity index (χ0) is 23.1. The third-order valence-corrected chi connectivity index (χ3v) is 6.65. The van der Waals surface area contributed by atoms with E-state index in [2.05, 4.69) is 44.8 Å².